The van der Waals surface area contributed by atoms with E-state index in [-0.39, 0.29) is 16.3 Å². The van der Waals surface area contributed by atoms with E-state index in [1.54, 1.807) is 13.0 Å². The lowest BCUT2D eigenvalue weighted by molar-refractivity contribution is -0.124. The van der Waals surface area contributed by atoms with Crippen LogP contribution in [-0.4, -0.2) is 30.2 Å². The van der Waals surface area contributed by atoms with Crippen molar-refractivity contribution in [2.75, 3.05) is 12.4 Å². The molecule has 0 heterocycles. The van der Waals surface area contributed by atoms with Crippen molar-refractivity contribution in [3.63, 3.8) is 0 Å². The summed E-state index contributed by atoms with van der Waals surface area (Å²) in [5, 5.41) is 11.5. The molecule has 1 atom stereocenters. The first-order valence-electron chi connectivity index (χ1n) is 4.82. The van der Waals surface area contributed by atoms with E-state index in [0.29, 0.717) is 0 Å². The van der Waals surface area contributed by atoms with Gasteiger partial charge in [0.05, 0.1) is 10.7 Å². The van der Waals surface area contributed by atoms with Crippen molar-refractivity contribution >= 4 is 29.2 Å². The number of carbonyl (C=O) groups excluding carboxylic acids is 1. The van der Waals surface area contributed by atoms with E-state index < -0.39 is 18.0 Å². The number of amides is 1. The molecule has 1 unspecified atom stereocenters. The monoisotopic (exact) mass is 257 g/mol. The van der Waals surface area contributed by atoms with Crippen molar-refractivity contribution in [3.8, 4) is 0 Å². The molecule has 0 aromatic heterocycles. The van der Waals surface area contributed by atoms with Gasteiger partial charge in [0.25, 0.3) is 5.91 Å². The molecule has 0 bridgehead atoms. The third-order valence-corrected chi connectivity index (χ3v) is 2.52. The molecule has 0 saturated heterocycles. The number of hydrogen-bond acceptors (Lipinski definition) is 3. The summed E-state index contributed by atoms with van der Waals surface area (Å²) in [7, 11) is 1.39. The van der Waals surface area contributed by atoms with Gasteiger partial charge in [-0.2, -0.15) is 0 Å². The lowest BCUT2D eigenvalue weighted by Crippen LogP contribution is -2.27. The molecule has 2 N–H and O–H groups in total. The van der Waals surface area contributed by atoms with Gasteiger partial charge in [-0.05, 0) is 19.1 Å². The average Bonchev–Trinajstić information content (AvgIpc) is 2.27. The van der Waals surface area contributed by atoms with Crippen LogP contribution in [0.3, 0.4) is 0 Å². The van der Waals surface area contributed by atoms with Crippen LogP contribution in [0.5, 0.6) is 0 Å². The molecule has 1 aromatic rings. The number of carboxylic acid groups (broad SMARTS) is 1. The van der Waals surface area contributed by atoms with Crippen molar-refractivity contribution < 1.29 is 19.4 Å². The highest BCUT2D eigenvalue weighted by Gasteiger charge is 2.18. The number of benzene rings is 1. The zero-order chi connectivity index (χ0) is 13.0. The summed E-state index contributed by atoms with van der Waals surface area (Å²) in [6.07, 6.45) is -0.671. The maximum atomic E-state index is 11.6. The van der Waals surface area contributed by atoms with Crippen LogP contribution in [0.25, 0.3) is 0 Å². The number of nitrogens with one attached hydrogen (secondary N) is 1. The second-order valence-electron chi connectivity index (χ2n) is 3.33. The van der Waals surface area contributed by atoms with E-state index in [0.717, 1.165) is 0 Å². The summed E-state index contributed by atoms with van der Waals surface area (Å²) >= 11 is 5.76. The molecule has 0 fully saturated rings. The fourth-order valence-corrected chi connectivity index (χ4v) is 1.44. The Morgan fingerprint density at radius 2 is 2.12 bits per heavy atom. The summed E-state index contributed by atoms with van der Waals surface area (Å²) in [5.74, 6) is -1.63. The van der Waals surface area contributed by atoms with Crippen LogP contribution in [0.15, 0.2) is 18.2 Å². The van der Waals surface area contributed by atoms with E-state index in [1.807, 2.05) is 0 Å². The molecule has 5 nitrogen and oxygen atoms in total. The van der Waals surface area contributed by atoms with Crippen molar-refractivity contribution in [1.29, 1.82) is 0 Å². The first-order valence-corrected chi connectivity index (χ1v) is 5.20. The third-order valence-electron chi connectivity index (χ3n) is 2.21. The van der Waals surface area contributed by atoms with Crippen molar-refractivity contribution in [3.05, 3.63) is 28.8 Å². The Balaban J connectivity index is 3.03. The Bertz CT molecular complexity index is 447. The lowest BCUT2D eigenvalue weighted by atomic mass is 10.1. The Morgan fingerprint density at radius 3 is 2.65 bits per heavy atom. The summed E-state index contributed by atoms with van der Waals surface area (Å²) in [6.45, 7) is 1.56. The fraction of sp³-hybridized carbons (Fsp3) is 0.273. The SMILES string of the molecule is COC(C)C(=O)Nc1cccc(Cl)c1C(=O)O. The predicted octanol–water partition coefficient (Wildman–Crippen LogP) is 2.01. The van der Waals surface area contributed by atoms with Crippen LogP contribution >= 0.6 is 11.6 Å². The molecule has 0 aliphatic rings. The minimum absolute atomic E-state index is 0.0698. The Morgan fingerprint density at radius 1 is 1.47 bits per heavy atom. The van der Waals surface area contributed by atoms with Crippen molar-refractivity contribution in [2.24, 2.45) is 0 Å². The Labute approximate surface area is 103 Å². The number of anilines is 1. The van der Waals surface area contributed by atoms with Crippen molar-refractivity contribution in [1.82, 2.24) is 0 Å². The van der Waals surface area contributed by atoms with Crippen LogP contribution in [0, 0.1) is 0 Å². The standard InChI is InChI=1S/C11H12ClNO4/c1-6(17-2)10(14)13-8-5-3-4-7(12)9(8)11(15)16/h3-6H,1-2H3,(H,13,14)(H,15,16). The predicted molar refractivity (Wildman–Crippen MR) is 63.5 cm³/mol. The molecule has 1 rings (SSSR count). The molecule has 0 saturated carbocycles. The van der Waals surface area contributed by atoms with Gasteiger partial charge in [0.15, 0.2) is 0 Å². The minimum atomic E-state index is -1.20. The van der Waals surface area contributed by atoms with Gasteiger partial charge in [-0.25, -0.2) is 4.79 Å². The highest BCUT2D eigenvalue weighted by atomic mass is 35.5. The zero-order valence-corrected chi connectivity index (χ0v) is 10.1. The highest BCUT2D eigenvalue weighted by Crippen LogP contribution is 2.24. The average molecular weight is 258 g/mol. The molecule has 17 heavy (non-hydrogen) atoms. The van der Waals surface area contributed by atoms with E-state index in [4.69, 9.17) is 21.4 Å². The second kappa shape index (κ2) is 5.65. The second-order valence-corrected chi connectivity index (χ2v) is 3.74. The van der Waals surface area contributed by atoms with Gasteiger partial charge in [0.2, 0.25) is 0 Å². The van der Waals surface area contributed by atoms with Crippen molar-refractivity contribution in [2.45, 2.75) is 13.0 Å². The number of carboxylic acids is 1. The molecule has 1 aromatic carbocycles. The van der Waals surface area contributed by atoms with Gasteiger partial charge in [-0.15, -0.1) is 0 Å². The highest BCUT2D eigenvalue weighted by molar-refractivity contribution is 6.34. The molecule has 0 aliphatic heterocycles. The first-order chi connectivity index (χ1) is 7.97. The van der Waals surface area contributed by atoms with E-state index >= 15 is 0 Å². The van der Waals surface area contributed by atoms with E-state index in [2.05, 4.69) is 5.32 Å². The van der Waals surface area contributed by atoms with Crippen LogP contribution in [0.2, 0.25) is 5.02 Å². The van der Waals surface area contributed by atoms with Gasteiger partial charge >= 0.3 is 5.97 Å². The summed E-state index contributed by atoms with van der Waals surface area (Å²) < 4.78 is 4.82. The van der Waals surface area contributed by atoms with Crippen LogP contribution in [-0.2, 0) is 9.53 Å². The third kappa shape index (κ3) is 3.18. The maximum absolute atomic E-state index is 11.6. The number of methoxy groups -OCH3 is 1. The topological polar surface area (TPSA) is 75.6 Å². The van der Waals surface area contributed by atoms with Gasteiger partial charge < -0.3 is 15.2 Å². The largest absolute Gasteiger partial charge is 0.478 e. The number of hydrogen-bond donors (Lipinski definition) is 2. The number of ether oxygens (including phenoxy) is 1. The molecule has 0 aliphatic carbocycles. The van der Waals surface area contributed by atoms with Gasteiger partial charge in [0.1, 0.15) is 11.7 Å². The first kappa shape index (κ1) is 13.5. The minimum Gasteiger partial charge on any atom is -0.478 e. The van der Waals surface area contributed by atoms with Gasteiger partial charge in [0, 0.05) is 7.11 Å². The Hall–Kier alpha value is -1.59. The molecule has 92 valence electrons. The maximum Gasteiger partial charge on any atom is 0.339 e. The fourth-order valence-electron chi connectivity index (χ4n) is 1.19. The van der Waals surface area contributed by atoms with E-state index in [9.17, 15) is 9.59 Å². The summed E-state index contributed by atoms with van der Waals surface area (Å²) in [6, 6.07) is 4.47. The molecule has 6 heteroatoms. The molecule has 0 radical (unpaired) electrons. The van der Waals surface area contributed by atoms with E-state index in [1.165, 1.54) is 19.2 Å². The Kier molecular flexibility index (Phi) is 4.48. The van der Waals surface area contributed by atoms with Crippen LogP contribution < -0.4 is 5.32 Å². The summed E-state index contributed by atoms with van der Waals surface area (Å²) in [4.78, 5) is 22.6. The molecule has 0 spiro atoms. The quantitative estimate of drug-likeness (QED) is 0.865. The van der Waals surface area contributed by atoms with Gasteiger partial charge in [-0.1, -0.05) is 17.7 Å². The van der Waals surface area contributed by atoms with Crippen LogP contribution in [0.1, 0.15) is 17.3 Å². The number of rotatable bonds is 4. The molecular weight excluding hydrogens is 246 g/mol. The zero-order valence-electron chi connectivity index (χ0n) is 9.36. The van der Waals surface area contributed by atoms with Gasteiger partial charge in [-0.3, -0.25) is 4.79 Å². The molecular formula is C11H12ClNO4. The number of carbonyl (C=O) groups is 2. The van der Waals surface area contributed by atoms with Crippen LogP contribution in [0.4, 0.5) is 5.69 Å². The normalized spacial score (nSPS) is 11.9. The summed E-state index contributed by atoms with van der Waals surface area (Å²) in [5.41, 5.74) is 0.0183. The smallest absolute Gasteiger partial charge is 0.339 e. The lowest BCUT2D eigenvalue weighted by Gasteiger charge is -2.12. The molecule has 1 amide bonds. The number of aromatic carboxylic acids is 1. The number of halogens is 1.